The van der Waals surface area contributed by atoms with Crippen molar-refractivity contribution in [2.24, 2.45) is 0 Å². The Morgan fingerprint density at radius 2 is 1.13 bits per heavy atom. The first-order chi connectivity index (χ1) is 11.2. The molecule has 0 saturated carbocycles. The Bertz CT molecular complexity index is 216. The number of hydrogen-bond donors (Lipinski definition) is 1. The van der Waals surface area contributed by atoms with Gasteiger partial charge in [0, 0.05) is 0 Å². The molecule has 23 heavy (non-hydrogen) atoms. The number of unbranched alkanes of at least 4 members (excludes halogenated alkanes) is 11. The van der Waals surface area contributed by atoms with Crippen molar-refractivity contribution >= 4 is 0 Å². The van der Waals surface area contributed by atoms with E-state index in [-0.39, 0.29) is 6.10 Å². The molecular formula is C21H44O2. The van der Waals surface area contributed by atoms with Crippen molar-refractivity contribution in [2.45, 2.75) is 129 Å². The smallest absolute Gasteiger partial charge is 0.0745 e. The summed E-state index contributed by atoms with van der Waals surface area (Å²) in [6, 6.07) is 0. The standard InChI is InChI=1S/C21H44O2/c1-4-6-7-8-9-10-11-12-13-14-15-16-18-21(17-5-2)23-19-20(3)22/h20-22H,4-19H2,1-3H3. The van der Waals surface area contributed by atoms with Gasteiger partial charge in [0.25, 0.3) is 0 Å². The molecule has 0 amide bonds. The van der Waals surface area contributed by atoms with Gasteiger partial charge in [0.15, 0.2) is 0 Å². The molecule has 0 radical (unpaired) electrons. The highest BCUT2D eigenvalue weighted by atomic mass is 16.5. The molecule has 0 heterocycles. The Balaban J connectivity index is 3.32. The topological polar surface area (TPSA) is 29.5 Å². The molecule has 1 N–H and O–H groups in total. The van der Waals surface area contributed by atoms with Gasteiger partial charge in [-0.2, -0.15) is 0 Å². The van der Waals surface area contributed by atoms with Gasteiger partial charge in [0.2, 0.25) is 0 Å². The summed E-state index contributed by atoms with van der Waals surface area (Å²) in [6.07, 6.45) is 20.3. The number of hydrogen-bond acceptors (Lipinski definition) is 2. The number of rotatable bonds is 18. The summed E-state index contributed by atoms with van der Waals surface area (Å²) in [6.45, 7) is 6.78. The maximum Gasteiger partial charge on any atom is 0.0745 e. The average Bonchev–Trinajstić information content (AvgIpc) is 2.53. The van der Waals surface area contributed by atoms with Gasteiger partial charge < -0.3 is 9.84 Å². The Labute approximate surface area is 146 Å². The lowest BCUT2D eigenvalue weighted by Gasteiger charge is -2.18. The third-order valence-electron chi connectivity index (χ3n) is 4.56. The van der Waals surface area contributed by atoms with Crippen molar-refractivity contribution in [3.8, 4) is 0 Å². The van der Waals surface area contributed by atoms with Crippen molar-refractivity contribution in [3.63, 3.8) is 0 Å². The van der Waals surface area contributed by atoms with E-state index < -0.39 is 0 Å². The van der Waals surface area contributed by atoms with Crippen LogP contribution in [0.3, 0.4) is 0 Å². The Morgan fingerprint density at radius 1 is 0.652 bits per heavy atom. The second-order valence-electron chi connectivity index (χ2n) is 7.27. The van der Waals surface area contributed by atoms with Crippen LogP contribution in [0, 0.1) is 0 Å². The van der Waals surface area contributed by atoms with Gasteiger partial charge in [-0.05, 0) is 19.8 Å². The second-order valence-corrected chi connectivity index (χ2v) is 7.27. The van der Waals surface area contributed by atoms with E-state index in [0.717, 1.165) is 12.8 Å². The van der Waals surface area contributed by atoms with Gasteiger partial charge >= 0.3 is 0 Å². The zero-order chi connectivity index (χ0) is 17.2. The summed E-state index contributed by atoms with van der Waals surface area (Å²) in [5.41, 5.74) is 0. The first-order valence-electron chi connectivity index (χ1n) is 10.5. The molecule has 0 aliphatic carbocycles. The van der Waals surface area contributed by atoms with E-state index in [1.54, 1.807) is 6.92 Å². The van der Waals surface area contributed by atoms with Crippen LogP contribution in [0.25, 0.3) is 0 Å². The van der Waals surface area contributed by atoms with E-state index >= 15 is 0 Å². The molecule has 0 rings (SSSR count). The number of aliphatic hydroxyl groups excluding tert-OH is 1. The minimum Gasteiger partial charge on any atom is -0.391 e. The zero-order valence-corrected chi connectivity index (χ0v) is 16.3. The summed E-state index contributed by atoms with van der Waals surface area (Å²) in [7, 11) is 0. The Hall–Kier alpha value is -0.0800. The summed E-state index contributed by atoms with van der Waals surface area (Å²) in [5, 5.41) is 9.32. The van der Waals surface area contributed by atoms with Gasteiger partial charge in [-0.3, -0.25) is 0 Å². The highest BCUT2D eigenvalue weighted by Gasteiger charge is 2.09. The lowest BCUT2D eigenvalue weighted by atomic mass is 10.0. The Kier molecular flexibility index (Phi) is 18.2. The number of ether oxygens (including phenoxy) is 1. The Morgan fingerprint density at radius 3 is 1.57 bits per heavy atom. The third-order valence-corrected chi connectivity index (χ3v) is 4.56. The molecule has 140 valence electrons. The minimum absolute atomic E-state index is 0.337. The van der Waals surface area contributed by atoms with E-state index in [4.69, 9.17) is 4.74 Å². The molecule has 2 heteroatoms. The maximum absolute atomic E-state index is 9.32. The van der Waals surface area contributed by atoms with E-state index in [9.17, 15) is 5.11 Å². The quantitative estimate of drug-likeness (QED) is 0.286. The van der Waals surface area contributed by atoms with Crippen LogP contribution in [-0.4, -0.2) is 23.9 Å². The molecule has 0 fully saturated rings. The van der Waals surface area contributed by atoms with E-state index in [1.165, 1.54) is 83.5 Å². The van der Waals surface area contributed by atoms with Crippen molar-refractivity contribution < 1.29 is 9.84 Å². The van der Waals surface area contributed by atoms with Crippen LogP contribution in [0.15, 0.2) is 0 Å². The highest BCUT2D eigenvalue weighted by molar-refractivity contribution is 4.59. The molecular weight excluding hydrogens is 284 g/mol. The van der Waals surface area contributed by atoms with Gasteiger partial charge in [-0.1, -0.05) is 97.3 Å². The predicted molar refractivity (Wildman–Crippen MR) is 102 cm³/mol. The summed E-state index contributed by atoms with van der Waals surface area (Å²) >= 11 is 0. The first kappa shape index (κ1) is 22.9. The molecule has 0 aromatic carbocycles. The van der Waals surface area contributed by atoms with Crippen LogP contribution in [0.5, 0.6) is 0 Å². The predicted octanol–water partition coefficient (Wildman–Crippen LogP) is 6.64. The van der Waals surface area contributed by atoms with Crippen LogP contribution < -0.4 is 0 Å². The lowest BCUT2D eigenvalue weighted by Crippen LogP contribution is -2.19. The molecule has 0 saturated heterocycles. The normalized spacial score (nSPS) is 14.1. The molecule has 0 aliphatic rings. The zero-order valence-electron chi connectivity index (χ0n) is 16.3. The third kappa shape index (κ3) is 18.1. The van der Waals surface area contributed by atoms with Crippen LogP contribution in [0.2, 0.25) is 0 Å². The monoisotopic (exact) mass is 328 g/mol. The van der Waals surface area contributed by atoms with E-state index in [0.29, 0.717) is 12.7 Å². The molecule has 0 aromatic rings. The molecule has 0 aliphatic heterocycles. The second kappa shape index (κ2) is 18.3. The summed E-state index contributed by atoms with van der Waals surface area (Å²) in [5.74, 6) is 0. The largest absolute Gasteiger partial charge is 0.391 e. The lowest BCUT2D eigenvalue weighted by molar-refractivity contribution is -0.0110. The molecule has 0 spiro atoms. The van der Waals surface area contributed by atoms with Crippen molar-refractivity contribution in [2.75, 3.05) is 6.61 Å². The van der Waals surface area contributed by atoms with Crippen LogP contribution in [0.1, 0.15) is 117 Å². The van der Waals surface area contributed by atoms with Crippen LogP contribution >= 0.6 is 0 Å². The van der Waals surface area contributed by atoms with Gasteiger partial charge in [0.05, 0.1) is 18.8 Å². The molecule has 2 atom stereocenters. The fraction of sp³-hybridized carbons (Fsp3) is 1.00. The van der Waals surface area contributed by atoms with E-state index in [1.807, 2.05) is 0 Å². The van der Waals surface area contributed by atoms with Crippen LogP contribution in [-0.2, 0) is 4.74 Å². The maximum atomic E-state index is 9.32. The van der Waals surface area contributed by atoms with Gasteiger partial charge in [-0.25, -0.2) is 0 Å². The molecule has 2 unspecified atom stereocenters. The minimum atomic E-state index is -0.337. The molecule has 0 aromatic heterocycles. The van der Waals surface area contributed by atoms with Crippen molar-refractivity contribution in [1.29, 1.82) is 0 Å². The SMILES string of the molecule is CCCCCCCCCCCCCCC(CCC)OCC(C)O. The van der Waals surface area contributed by atoms with Crippen molar-refractivity contribution in [3.05, 3.63) is 0 Å². The fourth-order valence-corrected chi connectivity index (χ4v) is 3.12. The molecule has 0 bridgehead atoms. The van der Waals surface area contributed by atoms with Gasteiger partial charge in [-0.15, -0.1) is 0 Å². The highest BCUT2D eigenvalue weighted by Crippen LogP contribution is 2.15. The average molecular weight is 329 g/mol. The van der Waals surface area contributed by atoms with Crippen LogP contribution in [0.4, 0.5) is 0 Å². The molecule has 2 nitrogen and oxygen atoms in total. The number of aliphatic hydroxyl groups is 1. The summed E-state index contributed by atoms with van der Waals surface area (Å²) in [4.78, 5) is 0. The first-order valence-corrected chi connectivity index (χ1v) is 10.5. The van der Waals surface area contributed by atoms with E-state index in [2.05, 4.69) is 13.8 Å². The van der Waals surface area contributed by atoms with Gasteiger partial charge in [0.1, 0.15) is 0 Å². The van der Waals surface area contributed by atoms with Crippen molar-refractivity contribution in [1.82, 2.24) is 0 Å². The summed E-state index contributed by atoms with van der Waals surface area (Å²) < 4.78 is 5.79. The fourth-order valence-electron chi connectivity index (χ4n) is 3.12.